The van der Waals surface area contributed by atoms with E-state index in [1.807, 2.05) is 0 Å². The Balaban J connectivity index is 2.81. The lowest BCUT2D eigenvalue weighted by molar-refractivity contribution is 0.151. The third-order valence-electron chi connectivity index (χ3n) is 2.37. The fourth-order valence-corrected chi connectivity index (χ4v) is 1.21. The molecule has 0 aliphatic rings. The highest BCUT2D eigenvalue weighted by molar-refractivity contribution is 5.25. The molecule has 0 amide bonds. The van der Waals surface area contributed by atoms with Gasteiger partial charge < -0.3 is 0 Å². The van der Waals surface area contributed by atoms with Crippen LogP contribution < -0.4 is 0 Å². The molecule has 2 heteroatoms. The molecule has 0 saturated carbocycles. The van der Waals surface area contributed by atoms with Crippen LogP contribution in [-0.4, -0.2) is 0 Å². The number of hydrogen-bond donors (Lipinski definition) is 0. The number of halogens is 2. The van der Waals surface area contributed by atoms with Gasteiger partial charge in [-0.2, -0.15) is 0 Å². The summed E-state index contributed by atoms with van der Waals surface area (Å²) >= 11 is 0. The first-order valence-corrected chi connectivity index (χ1v) is 4.53. The molecule has 1 aromatic carbocycles. The van der Waals surface area contributed by atoms with Crippen LogP contribution in [0.1, 0.15) is 43.7 Å². The Hall–Kier alpha value is -0.920. The van der Waals surface area contributed by atoms with Crippen molar-refractivity contribution in [3.8, 4) is 0 Å². The molecule has 72 valence electrons. The highest BCUT2D eigenvalue weighted by Gasteiger charge is 2.07. The molecular formula is C11H14F2. The summed E-state index contributed by atoms with van der Waals surface area (Å²) in [5.41, 5.74) is 1.24. The second-order valence-electron chi connectivity index (χ2n) is 3.28. The molecule has 0 heterocycles. The molecule has 0 radical (unpaired) electrons. The number of alkyl halides is 2. The summed E-state index contributed by atoms with van der Waals surface area (Å²) in [7, 11) is 0. The van der Waals surface area contributed by atoms with E-state index >= 15 is 0 Å². The molecule has 0 spiro atoms. The van der Waals surface area contributed by atoms with Gasteiger partial charge in [-0.1, -0.05) is 38.1 Å². The number of rotatable bonds is 3. The summed E-state index contributed by atoms with van der Waals surface area (Å²) in [6, 6.07) is 6.59. The number of benzene rings is 1. The molecule has 0 fully saturated rings. The summed E-state index contributed by atoms with van der Waals surface area (Å²) in [5.74, 6) is 0.451. The van der Waals surface area contributed by atoms with E-state index in [1.54, 1.807) is 12.1 Å². The first kappa shape index (κ1) is 10.2. The monoisotopic (exact) mass is 184 g/mol. The van der Waals surface area contributed by atoms with E-state index < -0.39 is 6.43 Å². The van der Waals surface area contributed by atoms with Gasteiger partial charge in [0.25, 0.3) is 6.43 Å². The lowest BCUT2D eigenvalue weighted by Gasteiger charge is -2.09. The first-order chi connectivity index (χ1) is 6.15. The molecule has 0 aromatic heterocycles. The average molecular weight is 184 g/mol. The number of hydrogen-bond acceptors (Lipinski definition) is 0. The predicted octanol–water partition coefficient (Wildman–Crippen LogP) is 4.14. The average Bonchev–Trinajstić information content (AvgIpc) is 2.17. The van der Waals surface area contributed by atoms with Crippen molar-refractivity contribution in [2.45, 2.75) is 32.6 Å². The van der Waals surface area contributed by atoms with Gasteiger partial charge in [-0.05, 0) is 17.9 Å². The molecule has 0 aliphatic carbocycles. The van der Waals surface area contributed by atoms with Crippen LogP contribution in [0.25, 0.3) is 0 Å². The van der Waals surface area contributed by atoms with Crippen molar-refractivity contribution in [3.05, 3.63) is 35.4 Å². The van der Waals surface area contributed by atoms with Gasteiger partial charge in [-0.25, -0.2) is 8.78 Å². The molecule has 13 heavy (non-hydrogen) atoms. The lowest BCUT2D eigenvalue weighted by atomic mass is 9.98. The molecule has 0 N–H and O–H groups in total. The van der Waals surface area contributed by atoms with Crippen LogP contribution in [0.3, 0.4) is 0 Å². The Morgan fingerprint density at radius 1 is 1.08 bits per heavy atom. The first-order valence-electron chi connectivity index (χ1n) is 4.53. The molecule has 1 unspecified atom stereocenters. The maximum Gasteiger partial charge on any atom is 0.263 e. The van der Waals surface area contributed by atoms with E-state index in [0.29, 0.717) is 5.92 Å². The minimum atomic E-state index is -2.36. The predicted molar refractivity (Wildman–Crippen MR) is 50.1 cm³/mol. The minimum absolute atomic E-state index is 0.104. The van der Waals surface area contributed by atoms with E-state index in [0.717, 1.165) is 12.0 Å². The molecule has 1 aromatic rings. The Morgan fingerprint density at radius 2 is 1.54 bits per heavy atom. The normalized spacial score (nSPS) is 13.3. The Kier molecular flexibility index (Phi) is 3.40. The summed E-state index contributed by atoms with van der Waals surface area (Å²) in [6.07, 6.45) is -1.32. The van der Waals surface area contributed by atoms with Gasteiger partial charge in [0.05, 0.1) is 0 Å². The zero-order chi connectivity index (χ0) is 9.84. The quantitative estimate of drug-likeness (QED) is 0.662. The van der Waals surface area contributed by atoms with Gasteiger partial charge in [0.2, 0.25) is 0 Å². The second kappa shape index (κ2) is 4.35. The maximum absolute atomic E-state index is 12.2. The van der Waals surface area contributed by atoms with Crippen molar-refractivity contribution in [1.29, 1.82) is 0 Å². The molecule has 0 nitrogen and oxygen atoms in total. The van der Waals surface area contributed by atoms with Gasteiger partial charge in [0, 0.05) is 5.56 Å². The highest BCUT2D eigenvalue weighted by Crippen LogP contribution is 2.23. The Labute approximate surface area is 77.6 Å². The van der Waals surface area contributed by atoms with Crippen molar-refractivity contribution in [2.24, 2.45) is 0 Å². The van der Waals surface area contributed by atoms with E-state index in [9.17, 15) is 8.78 Å². The highest BCUT2D eigenvalue weighted by atomic mass is 19.3. The molecule has 0 aliphatic heterocycles. The van der Waals surface area contributed by atoms with Crippen molar-refractivity contribution < 1.29 is 8.78 Å². The summed E-state index contributed by atoms with van der Waals surface area (Å²) in [5, 5.41) is 0. The second-order valence-corrected chi connectivity index (χ2v) is 3.28. The Bertz CT molecular complexity index is 251. The van der Waals surface area contributed by atoms with Crippen LogP contribution in [0.2, 0.25) is 0 Å². The van der Waals surface area contributed by atoms with Gasteiger partial charge in [-0.15, -0.1) is 0 Å². The Morgan fingerprint density at radius 3 is 1.92 bits per heavy atom. The van der Waals surface area contributed by atoms with Gasteiger partial charge in [-0.3, -0.25) is 0 Å². The van der Waals surface area contributed by atoms with Crippen LogP contribution in [0, 0.1) is 0 Å². The summed E-state index contributed by atoms with van der Waals surface area (Å²) < 4.78 is 24.4. The van der Waals surface area contributed by atoms with Crippen molar-refractivity contribution in [2.75, 3.05) is 0 Å². The van der Waals surface area contributed by atoms with Crippen LogP contribution in [0.5, 0.6) is 0 Å². The van der Waals surface area contributed by atoms with Gasteiger partial charge in [0.15, 0.2) is 0 Å². The topological polar surface area (TPSA) is 0 Å². The molecule has 0 saturated heterocycles. The third kappa shape index (κ3) is 2.51. The van der Waals surface area contributed by atoms with Crippen molar-refractivity contribution in [3.63, 3.8) is 0 Å². The third-order valence-corrected chi connectivity index (χ3v) is 2.37. The van der Waals surface area contributed by atoms with E-state index in [4.69, 9.17) is 0 Å². The van der Waals surface area contributed by atoms with E-state index in [2.05, 4.69) is 13.8 Å². The minimum Gasteiger partial charge on any atom is -0.205 e. The van der Waals surface area contributed by atoms with Gasteiger partial charge in [0.1, 0.15) is 0 Å². The maximum atomic E-state index is 12.2. The van der Waals surface area contributed by atoms with Crippen molar-refractivity contribution in [1.82, 2.24) is 0 Å². The zero-order valence-electron chi connectivity index (χ0n) is 7.93. The fourth-order valence-electron chi connectivity index (χ4n) is 1.21. The SMILES string of the molecule is CCC(C)c1ccc(C(F)F)cc1. The lowest BCUT2D eigenvalue weighted by Crippen LogP contribution is -1.92. The molecular weight excluding hydrogens is 170 g/mol. The van der Waals surface area contributed by atoms with Crippen LogP contribution in [0.15, 0.2) is 24.3 Å². The fraction of sp³-hybridized carbons (Fsp3) is 0.455. The van der Waals surface area contributed by atoms with Crippen LogP contribution in [-0.2, 0) is 0 Å². The standard InChI is InChI=1S/C11H14F2/c1-3-8(2)9-4-6-10(7-5-9)11(12)13/h4-8,11H,3H2,1-2H3. The van der Waals surface area contributed by atoms with Crippen LogP contribution >= 0.6 is 0 Å². The largest absolute Gasteiger partial charge is 0.263 e. The van der Waals surface area contributed by atoms with E-state index in [1.165, 1.54) is 12.1 Å². The smallest absolute Gasteiger partial charge is 0.205 e. The van der Waals surface area contributed by atoms with E-state index in [-0.39, 0.29) is 5.56 Å². The molecule has 0 bridgehead atoms. The molecule has 1 rings (SSSR count). The summed E-state index contributed by atoms with van der Waals surface area (Å²) in [6.45, 7) is 4.18. The zero-order valence-corrected chi connectivity index (χ0v) is 7.93. The van der Waals surface area contributed by atoms with Gasteiger partial charge >= 0.3 is 0 Å². The molecule has 1 atom stereocenters. The van der Waals surface area contributed by atoms with Crippen LogP contribution in [0.4, 0.5) is 8.78 Å². The van der Waals surface area contributed by atoms with Crippen molar-refractivity contribution >= 4 is 0 Å². The summed E-state index contributed by atoms with van der Waals surface area (Å²) in [4.78, 5) is 0.